The van der Waals surface area contributed by atoms with Crippen molar-refractivity contribution in [2.45, 2.75) is 20.3 Å². The molecule has 23 heavy (non-hydrogen) atoms. The summed E-state index contributed by atoms with van der Waals surface area (Å²) in [6, 6.07) is 1.79. The monoisotopic (exact) mass is 321 g/mol. The average molecular weight is 321 g/mol. The number of aryl methyl sites for hydroxylation is 1. The molecule has 0 aliphatic carbocycles. The molecule has 7 heteroatoms. The van der Waals surface area contributed by atoms with Gasteiger partial charge in [0.05, 0.1) is 0 Å². The molecule has 1 saturated heterocycles. The third kappa shape index (κ3) is 5.14. The Bertz CT molecular complexity index is 515. The van der Waals surface area contributed by atoms with Gasteiger partial charge in [0, 0.05) is 52.5 Å². The topological polar surface area (TPSA) is 70.6 Å². The maximum absolute atomic E-state index is 12.2. The van der Waals surface area contributed by atoms with E-state index in [0.29, 0.717) is 24.7 Å². The van der Waals surface area contributed by atoms with E-state index < -0.39 is 0 Å². The highest BCUT2D eigenvalue weighted by molar-refractivity contribution is 5.92. The Morgan fingerprint density at radius 3 is 2.70 bits per heavy atom. The summed E-state index contributed by atoms with van der Waals surface area (Å²) in [6.45, 7) is 10.2. The molecule has 1 N–H and O–H groups in total. The normalized spacial score (nSPS) is 15.7. The van der Waals surface area contributed by atoms with Gasteiger partial charge >= 0.3 is 0 Å². The fraction of sp³-hybridized carbons (Fsp3) is 0.688. The summed E-state index contributed by atoms with van der Waals surface area (Å²) in [7, 11) is 1.65. The average Bonchev–Trinajstić information content (AvgIpc) is 2.58. The van der Waals surface area contributed by atoms with Crippen molar-refractivity contribution in [3.63, 3.8) is 0 Å². The molecule has 0 atom stereocenters. The molecule has 0 spiro atoms. The highest BCUT2D eigenvalue weighted by Gasteiger charge is 2.19. The lowest BCUT2D eigenvalue weighted by atomic mass is 10.2. The molecule has 2 heterocycles. The Morgan fingerprint density at radius 1 is 1.30 bits per heavy atom. The number of amides is 1. The molecule has 1 fully saturated rings. The summed E-state index contributed by atoms with van der Waals surface area (Å²) in [5.41, 5.74) is 0.433. The van der Waals surface area contributed by atoms with Gasteiger partial charge in [-0.05, 0) is 19.9 Å². The van der Waals surface area contributed by atoms with E-state index in [0.717, 1.165) is 45.0 Å². The van der Waals surface area contributed by atoms with Gasteiger partial charge in [-0.2, -0.15) is 0 Å². The molecule has 0 saturated carbocycles. The second kappa shape index (κ2) is 8.79. The van der Waals surface area contributed by atoms with Crippen LogP contribution in [0.25, 0.3) is 0 Å². The van der Waals surface area contributed by atoms with Gasteiger partial charge in [-0.15, -0.1) is 0 Å². The third-order valence-corrected chi connectivity index (χ3v) is 4.01. The van der Waals surface area contributed by atoms with Gasteiger partial charge in [0.2, 0.25) is 0 Å². The van der Waals surface area contributed by atoms with Crippen molar-refractivity contribution in [2.75, 3.05) is 57.9 Å². The molecule has 2 rings (SSSR count). The van der Waals surface area contributed by atoms with Crippen LogP contribution in [0.3, 0.4) is 0 Å². The number of nitrogens with one attached hydrogen (secondary N) is 1. The first-order valence-corrected chi connectivity index (χ1v) is 8.24. The van der Waals surface area contributed by atoms with Crippen molar-refractivity contribution >= 4 is 11.7 Å². The van der Waals surface area contributed by atoms with Crippen molar-refractivity contribution < 1.29 is 9.53 Å². The van der Waals surface area contributed by atoms with E-state index in [1.54, 1.807) is 13.2 Å². The lowest BCUT2D eigenvalue weighted by Gasteiger charge is -2.34. The zero-order valence-corrected chi connectivity index (χ0v) is 14.3. The molecule has 0 unspecified atom stereocenters. The maximum Gasteiger partial charge on any atom is 0.270 e. The molecule has 0 radical (unpaired) electrons. The maximum atomic E-state index is 12.2. The number of hydrogen-bond acceptors (Lipinski definition) is 6. The first-order chi connectivity index (χ1) is 11.1. The minimum atomic E-state index is -0.153. The fourth-order valence-corrected chi connectivity index (χ4v) is 2.63. The van der Waals surface area contributed by atoms with Crippen LogP contribution in [0.2, 0.25) is 0 Å². The SMILES string of the molecule is CCN1CCN(c2cc(C(=O)NCCCOC)nc(C)n2)CC1. The number of ether oxygens (including phenoxy) is 1. The Labute approximate surface area is 138 Å². The quantitative estimate of drug-likeness (QED) is 0.745. The van der Waals surface area contributed by atoms with Crippen LogP contribution in [-0.4, -0.2) is 73.8 Å². The van der Waals surface area contributed by atoms with Gasteiger partial charge in [-0.25, -0.2) is 9.97 Å². The second-order valence-corrected chi connectivity index (χ2v) is 5.68. The first-order valence-electron chi connectivity index (χ1n) is 8.24. The second-order valence-electron chi connectivity index (χ2n) is 5.68. The minimum absolute atomic E-state index is 0.153. The summed E-state index contributed by atoms with van der Waals surface area (Å²) in [5, 5.41) is 2.87. The van der Waals surface area contributed by atoms with Crippen molar-refractivity contribution in [2.24, 2.45) is 0 Å². The summed E-state index contributed by atoms with van der Waals surface area (Å²) < 4.78 is 4.98. The first kappa shape index (κ1) is 17.6. The van der Waals surface area contributed by atoms with E-state index in [9.17, 15) is 4.79 Å². The number of rotatable bonds is 7. The van der Waals surface area contributed by atoms with Crippen LogP contribution in [0.5, 0.6) is 0 Å². The fourth-order valence-electron chi connectivity index (χ4n) is 2.63. The third-order valence-electron chi connectivity index (χ3n) is 4.01. The molecule has 0 bridgehead atoms. The molecule has 1 aromatic rings. The van der Waals surface area contributed by atoms with Crippen LogP contribution in [0.4, 0.5) is 5.82 Å². The van der Waals surface area contributed by atoms with Crippen molar-refractivity contribution in [1.82, 2.24) is 20.2 Å². The van der Waals surface area contributed by atoms with Crippen LogP contribution in [0.1, 0.15) is 29.7 Å². The molecule has 1 aromatic heterocycles. The number of anilines is 1. The van der Waals surface area contributed by atoms with Gasteiger partial charge in [-0.1, -0.05) is 6.92 Å². The van der Waals surface area contributed by atoms with Crippen molar-refractivity contribution in [3.8, 4) is 0 Å². The number of carbonyl (C=O) groups is 1. The predicted molar refractivity (Wildman–Crippen MR) is 89.9 cm³/mol. The lowest BCUT2D eigenvalue weighted by molar-refractivity contribution is 0.0943. The van der Waals surface area contributed by atoms with Crippen LogP contribution in [0, 0.1) is 6.92 Å². The summed E-state index contributed by atoms with van der Waals surface area (Å²) in [5.74, 6) is 1.32. The largest absolute Gasteiger partial charge is 0.385 e. The van der Waals surface area contributed by atoms with Gasteiger partial charge in [0.15, 0.2) is 0 Å². The molecular weight excluding hydrogens is 294 g/mol. The summed E-state index contributed by atoms with van der Waals surface area (Å²) in [4.78, 5) is 25.6. The van der Waals surface area contributed by atoms with Gasteiger partial charge in [0.1, 0.15) is 17.3 Å². The van der Waals surface area contributed by atoms with E-state index >= 15 is 0 Å². The smallest absolute Gasteiger partial charge is 0.270 e. The Kier molecular flexibility index (Phi) is 6.73. The number of methoxy groups -OCH3 is 1. The Hall–Kier alpha value is -1.73. The van der Waals surface area contributed by atoms with Gasteiger partial charge in [-0.3, -0.25) is 4.79 Å². The van der Waals surface area contributed by atoms with E-state index in [2.05, 4.69) is 32.0 Å². The number of hydrogen-bond donors (Lipinski definition) is 1. The number of nitrogens with zero attached hydrogens (tertiary/aromatic N) is 4. The highest BCUT2D eigenvalue weighted by atomic mass is 16.5. The minimum Gasteiger partial charge on any atom is -0.385 e. The van der Waals surface area contributed by atoms with Gasteiger partial charge in [0.25, 0.3) is 5.91 Å². The number of aromatic nitrogens is 2. The molecule has 7 nitrogen and oxygen atoms in total. The van der Waals surface area contributed by atoms with Crippen molar-refractivity contribution in [1.29, 1.82) is 0 Å². The molecule has 1 aliphatic heterocycles. The molecule has 0 aromatic carbocycles. The number of carbonyl (C=O) groups excluding carboxylic acids is 1. The summed E-state index contributed by atoms with van der Waals surface area (Å²) >= 11 is 0. The zero-order chi connectivity index (χ0) is 16.7. The molecule has 1 aliphatic rings. The van der Waals surface area contributed by atoms with E-state index in [1.165, 1.54) is 0 Å². The van der Waals surface area contributed by atoms with Crippen LogP contribution >= 0.6 is 0 Å². The Balaban J connectivity index is 1.99. The number of likely N-dealkylation sites (N-methyl/N-ethyl adjacent to an activating group) is 1. The lowest BCUT2D eigenvalue weighted by Crippen LogP contribution is -2.46. The number of piperazine rings is 1. The van der Waals surface area contributed by atoms with E-state index in [1.807, 2.05) is 6.92 Å². The molecular formula is C16H27N5O2. The zero-order valence-electron chi connectivity index (χ0n) is 14.3. The molecule has 128 valence electrons. The standard InChI is InChI=1S/C16H27N5O2/c1-4-20-7-9-21(10-8-20)15-12-14(18-13(2)19-15)16(22)17-6-5-11-23-3/h12H,4-11H2,1-3H3,(H,17,22). The van der Waals surface area contributed by atoms with Gasteiger partial charge < -0.3 is 19.9 Å². The van der Waals surface area contributed by atoms with Crippen molar-refractivity contribution in [3.05, 3.63) is 17.6 Å². The van der Waals surface area contributed by atoms with E-state index in [4.69, 9.17) is 4.74 Å². The Morgan fingerprint density at radius 2 is 2.04 bits per heavy atom. The van der Waals surface area contributed by atoms with Crippen LogP contribution in [-0.2, 0) is 4.74 Å². The molecule has 1 amide bonds. The van der Waals surface area contributed by atoms with Crippen LogP contribution in [0.15, 0.2) is 6.07 Å². The summed E-state index contributed by atoms with van der Waals surface area (Å²) in [6.07, 6.45) is 0.790. The highest BCUT2D eigenvalue weighted by Crippen LogP contribution is 2.15. The van der Waals surface area contributed by atoms with Crippen LogP contribution < -0.4 is 10.2 Å². The van der Waals surface area contributed by atoms with E-state index in [-0.39, 0.29) is 5.91 Å². The predicted octanol–water partition coefficient (Wildman–Crippen LogP) is 0.693.